The Morgan fingerprint density at radius 1 is 1.50 bits per heavy atom. The van der Waals surface area contributed by atoms with E-state index in [1.807, 2.05) is 6.92 Å². The third-order valence-corrected chi connectivity index (χ3v) is 4.31. The second-order valence-electron chi connectivity index (χ2n) is 3.13. The van der Waals surface area contributed by atoms with Gasteiger partial charge in [0.15, 0.2) is 0 Å². The molecule has 0 aromatic rings. The zero-order chi connectivity index (χ0) is 9.19. The van der Waals surface area contributed by atoms with E-state index in [-0.39, 0.29) is 11.2 Å². The van der Waals surface area contributed by atoms with Gasteiger partial charge in [0.2, 0.25) is 10.0 Å². The number of rotatable bonds is 2. The van der Waals surface area contributed by atoms with Gasteiger partial charge in [-0.05, 0) is 19.4 Å². The third-order valence-electron chi connectivity index (χ3n) is 2.25. The minimum atomic E-state index is -3.10. The van der Waals surface area contributed by atoms with Crippen molar-refractivity contribution in [3.05, 3.63) is 0 Å². The fourth-order valence-corrected chi connectivity index (χ4v) is 2.87. The Hall–Kier alpha value is -0.130. The SMILES string of the molecule is CNS(=O)(=O)[C@@H]1CCOC[C@H]1C. The Bertz CT molecular complexity index is 237. The summed E-state index contributed by atoms with van der Waals surface area (Å²) in [4.78, 5) is 0. The number of ether oxygens (including phenoxy) is 1. The van der Waals surface area contributed by atoms with E-state index in [1.165, 1.54) is 7.05 Å². The number of hydrogen-bond acceptors (Lipinski definition) is 3. The molecule has 0 spiro atoms. The summed E-state index contributed by atoms with van der Waals surface area (Å²) in [5.41, 5.74) is 0. The first kappa shape index (κ1) is 9.95. The summed E-state index contributed by atoms with van der Waals surface area (Å²) < 4.78 is 30.3. The van der Waals surface area contributed by atoms with Crippen LogP contribution in [0, 0.1) is 5.92 Å². The summed E-state index contributed by atoms with van der Waals surface area (Å²) in [5, 5.41) is -0.281. The maximum Gasteiger partial charge on any atom is 0.214 e. The molecule has 12 heavy (non-hydrogen) atoms. The normalized spacial score (nSPS) is 31.8. The molecule has 0 unspecified atom stereocenters. The van der Waals surface area contributed by atoms with Gasteiger partial charge in [-0.2, -0.15) is 0 Å². The quantitative estimate of drug-likeness (QED) is 0.669. The van der Waals surface area contributed by atoms with E-state index < -0.39 is 10.0 Å². The van der Waals surface area contributed by atoms with Crippen molar-refractivity contribution in [2.24, 2.45) is 5.92 Å². The molecule has 1 saturated heterocycles. The average molecular weight is 193 g/mol. The molecule has 0 aromatic carbocycles. The van der Waals surface area contributed by atoms with Crippen LogP contribution in [-0.2, 0) is 14.8 Å². The van der Waals surface area contributed by atoms with Crippen molar-refractivity contribution in [1.82, 2.24) is 4.72 Å². The van der Waals surface area contributed by atoms with Gasteiger partial charge in [0.05, 0.1) is 11.9 Å². The van der Waals surface area contributed by atoms with Crippen molar-refractivity contribution < 1.29 is 13.2 Å². The monoisotopic (exact) mass is 193 g/mol. The highest BCUT2D eigenvalue weighted by Crippen LogP contribution is 2.20. The molecule has 5 heteroatoms. The Kier molecular flexibility index (Phi) is 3.09. The van der Waals surface area contributed by atoms with E-state index in [0.717, 1.165) is 0 Å². The third kappa shape index (κ3) is 1.97. The topological polar surface area (TPSA) is 55.4 Å². The summed E-state index contributed by atoms with van der Waals surface area (Å²) >= 11 is 0. The van der Waals surface area contributed by atoms with Crippen LogP contribution in [-0.4, -0.2) is 33.9 Å². The van der Waals surface area contributed by atoms with Gasteiger partial charge in [0.1, 0.15) is 0 Å². The van der Waals surface area contributed by atoms with E-state index >= 15 is 0 Å². The summed E-state index contributed by atoms with van der Waals surface area (Å²) in [7, 11) is -1.64. The van der Waals surface area contributed by atoms with Gasteiger partial charge in [-0.25, -0.2) is 13.1 Å². The molecule has 1 aliphatic heterocycles. The molecule has 2 atom stereocenters. The van der Waals surface area contributed by atoms with Crippen molar-refractivity contribution in [1.29, 1.82) is 0 Å². The molecule has 0 bridgehead atoms. The lowest BCUT2D eigenvalue weighted by molar-refractivity contribution is 0.0635. The van der Waals surface area contributed by atoms with Crippen LogP contribution in [0.3, 0.4) is 0 Å². The maximum absolute atomic E-state index is 11.4. The minimum Gasteiger partial charge on any atom is -0.381 e. The standard InChI is InChI=1S/C7H15NO3S/c1-6-5-11-4-3-7(6)12(9,10)8-2/h6-8H,3-5H2,1-2H3/t6-,7-/m1/s1. The maximum atomic E-state index is 11.4. The first-order chi connectivity index (χ1) is 5.58. The van der Waals surface area contributed by atoms with Gasteiger partial charge in [-0.1, -0.05) is 6.92 Å². The van der Waals surface area contributed by atoms with Crippen LogP contribution in [0.1, 0.15) is 13.3 Å². The van der Waals surface area contributed by atoms with Crippen LogP contribution < -0.4 is 4.72 Å². The van der Waals surface area contributed by atoms with E-state index in [1.54, 1.807) is 0 Å². The van der Waals surface area contributed by atoms with Gasteiger partial charge in [-0.3, -0.25) is 0 Å². The first-order valence-corrected chi connectivity index (χ1v) is 5.62. The zero-order valence-electron chi connectivity index (χ0n) is 7.41. The Morgan fingerprint density at radius 3 is 2.67 bits per heavy atom. The fourth-order valence-electron chi connectivity index (χ4n) is 1.47. The minimum absolute atomic E-state index is 0.0937. The summed E-state index contributed by atoms with van der Waals surface area (Å²) in [5.74, 6) is 0.0937. The fraction of sp³-hybridized carbons (Fsp3) is 1.00. The van der Waals surface area contributed by atoms with Gasteiger partial charge in [0.25, 0.3) is 0 Å². The van der Waals surface area contributed by atoms with Gasteiger partial charge in [-0.15, -0.1) is 0 Å². The molecule has 72 valence electrons. The van der Waals surface area contributed by atoms with Crippen molar-refractivity contribution >= 4 is 10.0 Å². The van der Waals surface area contributed by atoms with Crippen molar-refractivity contribution in [2.75, 3.05) is 20.3 Å². The lowest BCUT2D eigenvalue weighted by Gasteiger charge is -2.27. The molecule has 0 saturated carbocycles. The highest BCUT2D eigenvalue weighted by Gasteiger charge is 2.32. The molecule has 1 heterocycles. The number of sulfonamides is 1. The predicted octanol–water partition coefficient (Wildman–Crippen LogP) is -0.0394. The van der Waals surface area contributed by atoms with Crippen LogP contribution in [0.4, 0.5) is 0 Å². The molecular formula is C7H15NO3S. The molecule has 0 aliphatic carbocycles. The average Bonchev–Trinajstić information content (AvgIpc) is 2.05. The molecule has 0 aromatic heterocycles. The first-order valence-electron chi connectivity index (χ1n) is 4.08. The van der Waals surface area contributed by atoms with Gasteiger partial charge in [0, 0.05) is 6.61 Å². The molecule has 0 radical (unpaired) electrons. The lowest BCUT2D eigenvalue weighted by Crippen LogP contribution is -2.41. The van der Waals surface area contributed by atoms with Crippen molar-refractivity contribution in [2.45, 2.75) is 18.6 Å². The predicted molar refractivity (Wildman–Crippen MR) is 46.4 cm³/mol. The lowest BCUT2D eigenvalue weighted by atomic mass is 10.0. The van der Waals surface area contributed by atoms with E-state index in [4.69, 9.17) is 4.74 Å². The van der Waals surface area contributed by atoms with Crippen LogP contribution >= 0.6 is 0 Å². The second kappa shape index (κ2) is 3.72. The molecular weight excluding hydrogens is 178 g/mol. The Balaban J connectivity index is 2.72. The number of nitrogens with one attached hydrogen (secondary N) is 1. The Labute approximate surface area is 73.3 Å². The van der Waals surface area contributed by atoms with Crippen LogP contribution in [0.2, 0.25) is 0 Å². The highest BCUT2D eigenvalue weighted by molar-refractivity contribution is 7.90. The van der Waals surface area contributed by atoms with Gasteiger partial charge < -0.3 is 4.74 Å². The molecule has 1 fully saturated rings. The Morgan fingerprint density at radius 2 is 2.17 bits per heavy atom. The summed E-state index contributed by atoms with van der Waals surface area (Å²) in [6.07, 6.45) is 0.602. The van der Waals surface area contributed by atoms with Crippen LogP contribution in [0.25, 0.3) is 0 Å². The zero-order valence-corrected chi connectivity index (χ0v) is 8.23. The summed E-state index contributed by atoms with van der Waals surface area (Å²) in [6, 6.07) is 0. The van der Waals surface area contributed by atoms with Crippen molar-refractivity contribution in [3.8, 4) is 0 Å². The van der Waals surface area contributed by atoms with E-state index in [2.05, 4.69) is 4.72 Å². The second-order valence-corrected chi connectivity index (χ2v) is 5.23. The molecule has 1 aliphatic rings. The van der Waals surface area contributed by atoms with Crippen LogP contribution in [0.15, 0.2) is 0 Å². The number of hydrogen-bond donors (Lipinski definition) is 1. The highest BCUT2D eigenvalue weighted by atomic mass is 32.2. The van der Waals surface area contributed by atoms with Crippen LogP contribution in [0.5, 0.6) is 0 Å². The molecule has 1 N–H and O–H groups in total. The van der Waals surface area contributed by atoms with E-state index in [9.17, 15) is 8.42 Å². The smallest absolute Gasteiger partial charge is 0.214 e. The molecule has 0 amide bonds. The largest absolute Gasteiger partial charge is 0.381 e. The van der Waals surface area contributed by atoms with E-state index in [0.29, 0.717) is 19.6 Å². The molecule has 1 rings (SSSR count). The van der Waals surface area contributed by atoms with Crippen molar-refractivity contribution in [3.63, 3.8) is 0 Å². The van der Waals surface area contributed by atoms with Gasteiger partial charge >= 0.3 is 0 Å². The summed E-state index contributed by atoms with van der Waals surface area (Å²) in [6.45, 7) is 3.00. The molecule has 4 nitrogen and oxygen atoms in total.